The van der Waals surface area contributed by atoms with Crippen LogP contribution in [0.4, 0.5) is 15.9 Å². The van der Waals surface area contributed by atoms with E-state index in [2.05, 4.69) is 56.2 Å². The second-order valence-corrected chi connectivity index (χ2v) is 7.45. The number of H-pyrrole nitrogens is 1. The van der Waals surface area contributed by atoms with Crippen molar-refractivity contribution in [3.8, 4) is 0 Å². The number of nitrogens with zero attached hydrogens (tertiary/aromatic N) is 3. The lowest BCUT2D eigenvalue weighted by molar-refractivity contribution is 0.198. The summed E-state index contributed by atoms with van der Waals surface area (Å²) in [7, 11) is 0. The fraction of sp³-hybridized carbons (Fsp3) is 0.217. The van der Waals surface area contributed by atoms with Crippen LogP contribution in [0.25, 0.3) is 27.5 Å². The van der Waals surface area contributed by atoms with Crippen molar-refractivity contribution >= 4 is 39.0 Å². The lowest BCUT2D eigenvalue weighted by atomic mass is 9.99. The van der Waals surface area contributed by atoms with Crippen molar-refractivity contribution < 1.29 is 4.39 Å². The van der Waals surface area contributed by atoms with Crippen LogP contribution in [0, 0.1) is 0 Å². The number of likely N-dealkylation sites (tertiary alicyclic amines) is 1. The van der Waals surface area contributed by atoms with Gasteiger partial charge in [-0.3, -0.25) is 10.1 Å². The van der Waals surface area contributed by atoms with E-state index in [1.165, 1.54) is 0 Å². The maximum atomic E-state index is 13.5. The number of pyridine rings is 1. The van der Waals surface area contributed by atoms with Gasteiger partial charge in [0.1, 0.15) is 11.7 Å². The van der Waals surface area contributed by atoms with Crippen LogP contribution >= 0.6 is 0 Å². The van der Waals surface area contributed by atoms with Gasteiger partial charge in [0.25, 0.3) is 0 Å². The molecule has 1 saturated heterocycles. The van der Waals surface area contributed by atoms with Crippen LogP contribution in [-0.4, -0.2) is 39.3 Å². The quantitative estimate of drug-likeness (QED) is 0.502. The molecule has 2 aromatic carbocycles. The molecule has 3 heterocycles. The second-order valence-electron chi connectivity index (χ2n) is 7.45. The van der Waals surface area contributed by atoms with Crippen molar-refractivity contribution in [2.45, 2.75) is 19.0 Å². The number of halogens is 1. The summed E-state index contributed by atoms with van der Waals surface area (Å²) in [5.41, 5.74) is 4.71. The lowest BCUT2D eigenvalue weighted by Gasteiger charge is -2.32. The molecule has 1 fully saturated rings. The van der Waals surface area contributed by atoms with Crippen LogP contribution in [0.1, 0.15) is 18.4 Å². The minimum atomic E-state index is -0.687. The molecule has 0 amide bonds. The Morgan fingerprint density at radius 3 is 2.86 bits per heavy atom. The zero-order chi connectivity index (χ0) is 19.8. The van der Waals surface area contributed by atoms with E-state index in [0.29, 0.717) is 18.7 Å². The van der Waals surface area contributed by atoms with Gasteiger partial charge in [0, 0.05) is 36.2 Å². The highest BCUT2D eigenvalue weighted by Gasteiger charge is 2.20. The third-order valence-electron chi connectivity index (χ3n) is 5.58. The molecule has 6 heteroatoms. The van der Waals surface area contributed by atoms with E-state index in [4.69, 9.17) is 0 Å². The summed E-state index contributed by atoms with van der Waals surface area (Å²) >= 11 is 0. The van der Waals surface area contributed by atoms with Crippen molar-refractivity contribution in [2.75, 3.05) is 18.4 Å². The average molecular weight is 387 g/mol. The number of rotatable bonds is 4. The molecule has 5 nitrogen and oxygen atoms in total. The van der Waals surface area contributed by atoms with Crippen molar-refractivity contribution in [3.63, 3.8) is 0 Å². The molecule has 4 aromatic rings. The van der Waals surface area contributed by atoms with Crippen molar-refractivity contribution in [1.82, 2.24) is 20.1 Å². The van der Waals surface area contributed by atoms with E-state index < -0.39 is 6.17 Å². The SMILES string of the molecule is C=C(c1cccc2cc(Nc3n[nH]c4cccnc34)ccc12)N1CCC(F)CC1. The molecular formula is C23H22FN5. The number of aromatic amines is 1. The molecule has 0 saturated carbocycles. The third-order valence-corrected chi connectivity index (χ3v) is 5.58. The summed E-state index contributed by atoms with van der Waals surface area (Å²) in [5, 5.41) is 12.9. The van der Waals surface area contributed by atoms with Gasteiger partial charge >= 0.3 is 0 Å². The number of alkyl halides is 1. The summed E-state index contributed by atoms with van der Waals surface area (Å²) in [4.78, 5) is 6.59. The maximum absolute atomic E-state index is 13.5. The number of aromatic nitrogens is 3. The first-order chi connectivity index (χ1) is 14.2. The van der Waals surface area contributed by atoms with Crippen LogP contribution < -0.4 is 5.32 Å². The van der Waals surface area contributed by atoms with Gasteiger partial charge < -0.3 is 10.2 Å². The Morgan fingerprint density at radius 2 is 2.00 bits per heavy atom. The van der Waals surface area contributed by atoms with E-state index in [1.54, 1.807) is 6.20 Å². The van der Waals surface area contributed by atoms with Gasteiger partial charge in [0.2, 0.25) is 0 Å². The number of hydrogen-bond donors (Lipinski definition) is 2. The smallest absolute Gasteiger partial charge is 0.178 e. The molecule has 1 aliphatic heterocycles. The Morgan fingerprint density at radius 1 is 1.14 bits per heavy atom. The van der Waals surface area contributed by atoms with Gasteiger partial charge in [0.05, 0.1) is 5.52 Å². The van der Waals surface area contributed by atoms with Crippen molar-refractivity contribution in [1.29, 1.82) is 0 Å². The van der Waals surface area contributed by atoms with Crippen LogP contribution in [0.3, 0.4) is 0 Å². The van der Waals surface area contributed by atoms with Gasteiger partial charge in [-0.25, -0.2) is 4.39 Å². The maximum Gasteiger partial charge on any atom is 0.178 e. The van der Waals surface area contributed by atoms with Gasteiger partial charge in [-0.05, 0) is 47.9 Å². The molecule has 5 rings (SSSR count). The fourth-order valence-electron chi connectivity index (χ4n) is 3.98. The van der Waals surface area contributed by atoms with Gasteiger partial charge in [0.15, 0.2) is 5.82 Å². The molecule has 29 heavy (non-hydrogen) atoms. The molecule has 0 radical (unpaired) electrons. The zero-order valence-electron chi connectivity index (χ0n) is 16.0. The number of benzene rings is 2. The summed E-state index contributed by atoms with van der Waals surface area (Å²) in [6.45, 7) is 5.74. The molecule has 0 aliphatic carbocycles. The van der Waals surface area contributed by atoms with Gasteiger partial charge in [-0.15, -0.1) is 0 Å². The molecule has 146 valence electrons. The number of hydrogen-bond acceptors (Lipinski definition) is 4. The molecule has 0 unspecified atom stereocenters. The highest BCUT2D eigenvalue weighted by Crippen LogP contribution is 2.31. The Bertz CT molecular complexity index is 1190. The molecule has 0 spiro atoms. The predicted octanol–water partition coefficient (Wildman–Crippen LogP) is 5.26. The standard InChI is InChI=1S/C23H22FN5/c1-15(29-12-9-17(24)10-13-29)19-5-2-4-16-14-18(7-8-20(16)19)26-23-22-21(27-28-23)6-3-11-25-22/h2-8,11,14,17H,1,9-10,12-13H2,(H2,26,27,28). The minimum Gasteiger partial charge on any atom is -0.371 e. The average Bonchev–Trinajstić information content (AvgIpc) is 3.16. The first kappa shape index (κ1) is 17.7. The van der Waals surface area contributed by atoms with E-state index in [-0.39, 0.29) is 0 Å². The summed E-state index contributed by atoms with van der Waals surface area (Å²) < 4.78 is 13.5. The molecule has 1 aliphatic rings. The molecule has 2 N–H and O–H groups in total. The number of nitrogens with one attached hydrogen (secondary N) is 2. The second kappa shape index (κ2) is 7.20. The molecule has 0 bridgehead atoms. The first-order valence-electron chi connectivity index (χ1n) is 9.86. The van der Waals surface area contributed by atoms with Gasteiger partial charge in [-0.1, -0.05) is 30.8 Å². The van der Waals surface area contributed by atoms with Gasteiger partial charge in [-0.2, -0.15) is 5.10 Å². The lowest BCUT2D eigenvalue weighted by Crippen LogP contribution is -2.32. The third kappa shape index (κ3) is 3.31. The monoisotopic (exact) mass is 387 g/mol. The topological polar surface area (TPSA) is 56.8 Å². The number of piperidine rings is 1. The van der Waals surface area contributed by atoms with Crippen LogP contribution in [0.15, 0.2) is 61.3 Å². The molecule has 2 aromatic heterocycles. The first-order valence-corrected chi connectivity index (χ1v) is 9.86. The summed E-state index contributed by atoms with van der Waals surface area (Å²) in [6.07, 6.45) is 2.22. The van der Waals surface area contributed by atoms with E-state index in [1.807, 2.05) is 24.3 Å². The van der Waals surface area contributed by atoms with E-state index in [9.17, 15) is 4.39 Å². The van der Waals surface area contributed by atoms with Crippen molar-refractivity contribution in [3.05, 3.63) is 66.9 Å². The normalized spacial score (nSPS) is 15.1. The van der Waals surface area contributed by atoms with E-state index in [0.717, 1.165) is 51.8 Å². The van der Waals surface area contributed by atoms with Crippen LogP contribution in [-0.2, 0) is 0 Å². The minimum absolute atomic E-state index is 0.573. The summed E-state index contributed by atoms with van der Waals surface area (Å²) in [6, 6.07) is 16.3. The zero-order valence-corrected chi connectivity index (χ0v) is 16.0. The van der Waals surface area contributed by atoms with E-state index >= 15 is 0 Å². The Kier molecular flexibility index (Phi) is 4.39. The highest BCUT2D eigenvalue weighted by molar-refractivity contribution is 5.96. The molecular weight excluding hydrogens is 365 g/mol. The molecule has 0 atom stereocenters. The number of fused-ring (bicyclic) bond motifs is 2. The highest BCUT2D eigenvalue weighted by atomic mass is 19.1. The Hall–Kier alpha value is -3.41. The fourth-order valence-corrected chi connectivity index (χ4v) is 3.98. The summed E-state index contributed by atoms with van der Waals surface area (Å²) in [5.74, 6) is 0.703. The predicted molar refractivity (Wildman–Crippen MR) is 116 cm³/mol. The number of anilines is 2. The Balaban J connectivity index is 1.45. The van der Waals surface area contributed by atoms with Crippen LogP contribution in [0.5, 0.6) is 0 Å². The van der Waals surface area contributed by atoms with Crippen molar-refractivity contribution in [2.24, 2.45) is 0 Å². The Labute approximate surface area is 168 Å². The van der Waals surface area contributed by atoms with Crippen LogP contribution in [0.2, 0.25) is 0 Å². The largest absolute Gasteiger partial charge is 0.371 e.